The van der Waals surface area contributed by atoms with Gasteiger partial charge in [0.25, 0.3) is 0 Å². The lowest BCUT2D eigenvalue weighted by Crippen LogP contribution is -2.33. The fourth-order valence-corrected chi connectivity index (χ4v) is 1.41. The lowest BCUT2D eigenvalue weighted by Gasteiger charge is -2.16. The van der Waals surface area contributed by atoms with Gasteiger partial charge in [-0.1, -0.05) is 0 Å². The lowest BCUT2D eigenvalue weighted by atomic mass is 10.2. The first kappa shape index (κ1) is 15.4. The largest absolute Gasteiger partial charge is 0.385 e. The maximum absolute atomic E-state index is 11.4. The first-order chi connectivity index (χ1) is 7.57. The second-order valence-corrected chi connectivity index (χ2v) is 4.40. The molecule has 0 heterocycles. The molecule has 4 nitrogen and oxygen atoms in total. The van der Waals surface area contributed by atoms with Gasteiger partial charge in [-0.05, 0) is 32.7 Å². The van der Waals surface area contributed by atoms with Crippen LogP contribution in [0.15, 0.2) is 0 Å². The van der Waals surface area contributed by atoms with Gasteiger partial charge in [-0.3, -0.25) is 4.79 Å². The third-order valence-corrected chi connectivity index (χ3v) is 2.50. The van der Waals surface area contributed by atoms with E-state index in [1.54, 1.807) is 26.1 Å². The highest BCUT2D eigenvalue weighted by Crippen LogP contribution is 1.97. The molecule has 0 aliphatic heterocycles. The van der Waals surface area contributed by atoms with Crippen molar-refractivity contribution < 1.29 is 9.53 Å². The fraction of sp³-hybridized carbons (Fsp3) is 0.917. The van der Waals surface area contributed by atoms with Crippen LogP contribution in [-0.2, 0) is 9.53 Å². The molecule has 0 aromatic rings. The zero-order valence-electron chi connectivity index (χ0n) is 11.1. The molecule has 1 unspecified atom stereocenters. The molecule has 0 bridgehead atoms. The van der Waals surface area contributed by atoms with E-state index >= 15 is 0 Å². The molecular weight excluding hydrogens is 204 g/mol. The van der Waals surface area contributed by atoms with Crippen LogP contribution in [0.1, 0.15) is 32.6 Å². The average Bonchev–Trinajstić information content (AvgIpc) is 2.23. The topological polar surface area (TPSA) is 41.6 Å². The van der Waals surface area contributed by atoms with Gasteiger partial charge >= 0.3 is 0 Å². The summed E-state index contributed by atoms with van der Waals surface area (Å²) in [5.74, 6) is 0.180. The molecule has 96 valence electrons. The Kier molecular flexibility index (Phi) is 9.24. The number of carbonyl (C=O) groups is 1. The minimum atomic E-state index is 0.180. The van der Waals surface area contributed by atoms with E-state index in [0.29, 0.717) is 6.42 Å². The quantitative estimate of drug-likeness (QED) is 0.606. The van der Waals surface area contributed by atoms with E-state index in [4.69, 9.17) is 4.74 Å². The second-order valence-electron chi connectivity index (χ2n) is 4.40. The molecule has 16 heavy (non-hydrogen) atoms. The van der Waals surface area contributed by atoms with E-state index in [1.807, 2.05) is 0 Å². The van der Waals surface area contributed by atoms with Gasteiger partial charge in [-0.25, -0.2) is 0 Å². The molecule has 0 saturated heterocycles. The summed E-state index contributed by atoms with van der Waals surface area (Å²) in [5, 5.41) is 3.36. The number of hydrogen-bond acceptors (Lipinski definition) is 3. The van der Waals surface area contributed by atoms with Gasteiger partial charge in [0, 0.05) is 40.3 Å². The Bertz CT molecular complexity index is 184. The number of ether oxygens (including phenoxy) is 1. The molecule has 0 aliphatic rings. The van der Waals surface area contributed by atoms with Crippen molar-refractivity contribution in [3.63, 3.8) is 0 Å². The van der Waals surface area contributed by atoms with Crippen LogP contribution < -0.4 is 5.32 Å². The Labute approximate surface area is 99.3 Å². The van der Waals surface area contributed by atoms with Crippen LogP contribution in [0.3, 0.4) is 0 Å². The second kappa shape index (κ2) is 9.60. The van der Waals surface area contributed by atoms with E-state index in [-0.39, 0.29) is 11.9 Å². The van der Waals surface area contributed by atoms with Gasteiger partial charge in [0.05, 0.1) is 0 Å². The zero-order valence-corrected chi connectivity index (χ0v) is 11.1. The summed E-state index contributed by atoms with van der Waals surface area (Å²) in [5.41, 5.74) is 0. The standard InChI is InChI=1S/C12H26N2O2/c1-11(10-12(15)14(2)3)13-8-6-5-7-9-16-4/h11,13H,5-10H2,1-4H3. The first-order valence-electron chi connectivity index (χ1n) is 6.00. The normalized spacial score (nSPS) is 12.5. The molecule has 0 rings (SSSR count). The van der Waals surface area contributed by atoms with Gasteiger partial charge < -0.3 is 15.0 Å². The Morgan fingerprint density at radius 1 is 1.31 bits per heavy atom. The number of hydrogen-bond donors (Lipinski definition) is 1. The highest BCUT2D eigenvalue weighted by molar-refractivity contribution is 5.76. The highest BCUT2D eigenvalue weighted by Gasteiger charge is 2.09. The van der Waals surface area contributed by atoms with Crippen molar-refractivity contribution in [2.75, 3.05) is 34.4 Å². The number of methoxy groups -OCH3 is 1. The third kappa shape index (κ3) is 8.68. The molecule has 0 aromatic carbocycles. The summed E-state index contributed by atoms with van der Waals surface area (Å²) in [7, 11) is 5.31. The molecule has 0 radical (unpaired) electrons. The van der Waals surface area contributed by atoms with Crippen molar-refractivity contribution in [3.05, 3.63) is 0 Å². The number of amides is 1. The summed E-state index contributed by atoms with van der Waals surface area (Å²) in [4.78, 5) is 13.0. The van der Waals surface area contributed by atoms with Gasteiger partial charge in [0.1, 0.15) is 0 Å². The summed E-state index contributed by atoms with van der Waals surface area (Å²) >= 11 is 0. The van der Waals surface area contributed by atoms with Crippen LogP contribution in [0.4, 0.5) is 0 Å². The monoisotopic (exact) mass is 230 g/mol. The molecule has 0 aliphatic carbocycles. The number of nitrogens with one attached hydrogen (secondary N) is 1. The van der Waals surface area contributed by atoms with Crippen molar-refractivity contribution in [2.24, 2.45) is 0 Å². The molecule has 1 amide bonds. The van der Waals surface area contributed by atoms with Gasteiger partial charge in [-0.15, -0.1) is 0 Å². The van der Waals surface area contributed by atoms with Crippen LogP contribution in [0.5, 0.6) is 0 Å². The predicted molar refractivity (Wildman–Crippen MR) is 66.5 cm³/mol. The molecule has 4 heteroatoms. The Morgan fingerprint density at radius 3 is 2.56 bits per heavy atom. The number of unbranched alkanes of at least 4 members (excludes halogenated alkanes) is 2. The van der Waals surface area contributed by atoms with E-state index in [2.05, 4.69) is 12.2 Å². The SMILES string of the molecule is COCCCCCNC(C)CC(=O)N(C)C. The molecular formula is C12H26N2O2. The average molecular weight is 230 g/mol. The zero-order chi connectivity index (χ0) is 12.4. The van der Waals surface area contributed by atoms with Crippen molar-refractivity contribution in [1.82, 2.24) is 10.2 Å². The molecule has 0 fully saturated rings. The van der Waals surface area contributed by atoms with E-state index in [9.17, 15) is 4.79 Å². The molecule has 1 atom stereocenters. The highest BCUT2D eigenvalue weighted by atomic mass is 16.5. The Balaban J connectivity index is 3.37. The van der Waals surface area contributed by atoms with E-state index < -0.39 is 0 Å². The maximum atomic E-state index is 11.4. The van der Waals surface area contributed by atoms with Gasteiger partial charge in [0.15, 0.2) is 0 Å². The summed E-state index contributed by atoms with van der Waals surface area (Å²) < 4.78 is 4.98. The van der Waals surface area contributed by atoms with Crippen molar-refractivity contribution in [1.29, 1.82) is 0 Å². The lowest BCUT2D eigenvalue weighted by molar-refractivity contribution is -0.129. The van der Waals surface area contributed by atoms with Crippen LogP contribution in [-0.4, -0.2) is 51.2 Å². The van der Waals surface area contributed by atoms with E-state index in [1.165, 1.54) is 6.42 Å². The minimum Gasteiger partial charge on any atom is -0.385 e. The van der Waals surface area contributed by atoms with Crippen molar-refractivity contribution in [2.45, 2.75) is 38.6 Å². The predicted octanol–water partition coefficient (Wildman–Crippen LogP) is 1.26. The molecule has 0 saturated carbocycles. The number of carbonyl (C=O) groups excluding carboxylic acids is 1. The van der Waals surface area contributed by atoms with Crippen LogP contribution in [0, 0.1) is 0 Å². The van der Waals surface area contributed by atoms with Crippen LogP contribution in [0.25, 0.3) is 0 Å². The maximum Gasteiger partial charge on any atom is 0.223 e. The third-order valence-electron chi connectivity index (χ3n) is 2.50. The minimum absolute atomic E-state index is 0.180. The summed E-state index contributed by atoms with van der Waals surface area (Å²) in [6.45, 7) is 3.87. The first-order valence-corrected chi connectivity index (χ1v) is 6.00. The molecule has 0 spiro atoms. The summed E-state index contributed by atoms with van der Waals surface area (Å²) in [6, 6.07) is 0.261. The van der Waals surface area contributed by atoms with Crippen LogP contribution >= 0.6 is 0 Å². The Morgan fingerprint density at radius 2 is 2.00 bits per heavy atom. The Hall–Kier alpha value is -0.610. The molecule has 1 N–H and O–H groups in total. The van der Waals surface area contributed by atoms with E-state index in [0.717, 1.165) is 26.0 Å². The van der Waals surface area contributed by atoms with Crippen LogP contribution in [0.2, 0.25) is 0 Å². The van der Waals surface area contributed by atoms with Crippen molar-refractivity contribution >= 4 is 5.91 Å². The number of nitrogens with zero attached hydrogens (tertiary/aromatic N) is 1. The fourth-order valence-electron chi connectivity index (χ4n) is 1.41. The van der Waals surface area contributed by atoms with Gasteiger partial charge in [0.2, 0.25) is 5.91 Å². The number of rotatable bonds is 9. The van der Waals surface area contributed by atoms with Crippen molar-refractivity contribution in [3.8, 4) is 0 Å². The summed E-state index contributed by atoms with van der Waals surface area (Å²) in [6.07, 6.45) is 4.01. The molecule has 0 aromatic heterocycles. The van der Waals surface area contributed by atoms with Gasteiger partial charge in [-0.2, -0.15) is 0 Å². The smallest absolute Gasteiger partial charge is 0.223 e.